The summed E-state index contributed by atoms with van der Waals surface area (Å²) >= 11 is 0. The fourth-order valence-corrected chi connectivity index (χ4v) is 2.46. The van der Waals surface area contributed by atoms with E-state index < -0.39 is 9.84 Å². The number of hydrogen-bond acceptors (Lipinski definition) is 4. The summed E-state index contributed by atoms with van der Waals surface area (Å²) in [5, 5.41) is 3.34. The zero-order valence-corrected chi connectivity index (χ0v) is 12.8. The lowest BCUT2D eigenvalue weighted by molar-refractivity contribution is 0.350. The highest BCUT2D eigenvalue weighted by Gasteiger charge is 2.16. The second-order valence-electron chi connectivity index (χ2n) is 5.71. The third kappa shape index (κ3) is 5.61. The molecule has 3 N–H and O–H groups in total. The summed E-state index contributed by atoms with van der Waals surface area (Å²) in [6, 6.07) is 6.86. The summed E-state index contributed by atoms with van der Waals surface area (Å²) < 4.78 is 22.7. The molecule has 0 aliphatic heterocycles. The highest BCUT2D eigenvalue weighted by molar-refractivity contribution is 7.90. The van der Waals surface area contributed by atoms with Crippen molar-refractivity contribution in [2.45, 2.75) is 31.6 Å². The van der Waals surface area contributed by atoms with E-state index >= 15 is 0 Å². The SMILES string of the molecule is CC(C)(CCCN)CNc1ccc(S(C)(=O)=O)cc1. The van der Waals surface area contributed by atoms with Crippen LogP contribution in [0.15, 0.2) is 29.2 Å². The highest BCUT2D eigenvalue weighted by Crippen LogP contribution is 2.23. The Morgan fingerprint density at radius 1 is 1.21 bits per heavy atom. The van der Waals surface area contributed by atoms with Crippen molar-refractivity contribution in [2.75, 3.05) is 24.7 Å². The normalized spacial score (nSPS) is 12.4. The van der Waals surface area contributed by atoms with Crippen LogP contribution in [-0.2, 0) is 9.84 Å². The average molecular weight is 284 g/mol. The minimum absolute atomic E-state index is 0.175. The van der Waals surface area contributed by atoms with Crippen molar-refractivity contribution in [3.05, 3.63) is 24.3 Å². The van der Waals surface area contributed by atoms with Gasteiger partial charge in [0.1, 0.15) is 0 Å². The predicted octanol–water partition coefficient (Wildman–Crippen LogP) is 2.27. The molecule has 0 heterocycles. The van der Waals surface area contributed by atoms with Crippen molar-refractivity contribution < 1.29 is 8.42 Å². The van der Waals surface area contributed by atoms with E-state index in [1.54, 1.807) is 24.3 Å². The van der Waals surface area contributed by atoms with Crippen LogP contribution in [0.1, 0.15) is 26.7 Å². The second kappa shape index (κ2) is 6.39. The molecule has 1 rings (SSSR count). The Bertz CT molecular complexity index is 493. The Labute approximate surface area is 116 Å². The van der Waals surface area contributed by atoms with Gasteiger partial charge in [0.25, 0.3) is 0 Å². The van der Waals surface area contributed by atoms with Gasteiger partial charge in [-0.1, -0.05) is 13.8 Å². The lowest BCUT2D eigenvalue weighted by Gasteiger charge is -2.25. The Hall–Kier alpha value is -1.07. The van der Waals surface area contributed by atoms with Gasteiger partial charge in [0, 0.05) is 18.5 Å². The fraction of sp³-hybridized carbons (Fsp3) is 0.571. The molecule has 0 aliphatic rings. The molecule has 4 nitrogen and oxygen atoms in total. The topological polar surface area (TPSA) is 72.2 Å². The smallest absolute Gasteiger partial charge is 0.175 e. The summed E-state index contributed by atoms with van der Waals surface area (Å²) in [5.41, 5.74) is 6.64. The monoisotopic (exact) mass is 284 g/mol. The first-order valence-corrected chi connectivity index (χ1v) is 8.38. The van der Waals surface area contributed by atoms with Crippen LogP contribution in [0.4, 0.5) is 5.69 Å². The highest BCUT2D eigenvalue weighted by atomic mass is 32.2. The van der Waals surface area contributed by atoms with Crippen molar-refractivity contribution in [2.24, 2.45) is 11.1 Å². The first-order chi connectivity index (χ1) is 8.74. The molecule has 0 atom stereocenters. The average Bonchev–Trinajstić information content (AvgIpc) is 2.34. The Morgan fingerprint density at radius 3 is 2.26 bits per heavy atom. The van der Waals surface area contributed by atoms with E-state index in [-0.39, 0.29) is 5.41 Å². The van der Waals surface area contributed by atoms with E-state index in [4.69, 9.17) is 5.73 Å². The standard InChI is InChI=1S/C14H24N2O2S/c1-14(2,9-4-10-15)11-16-12-5-7-13(8-6-12)19(3,17)18/h5-8,16H,4,9-11,15H2,1-3H3. The third-order valence-electron chi connectivity index (χ3n) is 3.11. The van der Waals surface area contributed by atoms with Gasteiger partial charge in [0.2, 0.25) is 0 Å². The van der Waals surface area contributed by atoms with Crippen LogP contribution >= 0.6 is 0 Å². The molecule has 0 unspecified atom stereocenters. The maximum absolute atomic E-state index is 11.3. The number of sulfone groups is 1. The predicted molar refractivity (Wildman–Crippen MR) is 80.1 cm³/mol. The molecule has 108 valence electrons. The second-order valence-corrected chi connectivity index (χ2v) is 7.72. The number of anilines is 1. The van der Waals surface area contributed by atoms with Gasteiger partial charge >= 0.3 is 0 Å². The third-order valence-corrected chi connectivity index (χ3v) is 4.24. The molecule has 1 aromatic carbocycles. The van der Waals surface area contributed by atoms with E-state index in [1.807, 2.05) is 0 Å². The molecule has 0 spiro atoms. The summed E-state index contributed by atoms with van der Waals surface area (Å²) in [7, 11) is -3.12. The number of benzene rings is 1. The lowest BCUT2D eigenvalue weighted by Crippen LogP contribution is -2.24. The molecule has 0 radical (unpaired) electrons. The molecule has 19 heavy (non-hydrogen) atoms. The van der Waals surface area contributed by atoms with Crippen LogP contribution in [0.2, 0.25) is 0 Å². The van der Waals surface area contributed by atoms with Crippen molar-refractivity contribution >= 4 is 15.5 Å². The summed E-state index contributed by atoms with van der Waals surface area (Å²) in [5.74, 6) is 0. The molecule has 0 aromatic heterocycles. The lowest BCUT2D eigenvalue weighted by atomic mass is 9.87. The largest absolute Gasteiger partial charge is 0.385 e. The zero-order valence-electron chi connectivity index (χ0n) is 11.9. The number of nitrogens with two attached hydrogens (primary N) is 1. The van der Waals surface area contributed by atoms with Gasteiger partial charge in [0.15, 0.2) is 9.84 Å². The quantitative estimate of drug-likeness (QED) is 0.805. The molecule has 0 bridgehead atoms. The fourth-order valence-electron chi connectivity index (χ4n) is 1.83. The summed E-state index contributed by atoms with van der Waals surface area (Å²) in [6.45, 7) is 5.94. The van der Waals surface area contributed by atoms with E-state index in [9.17, 15) is 8.42 Å². The number of rotatable bonds is 7. The van der Waals surface area contributed by atoms with Gasteiger partial charge < -0.3 is 11.1 Å². The van der Waals surface area contributed by atoms with Crippen molar-refractivity contribution in [1.82, 2.24) is 0 Å². The zero-order chi connectivity index (χ0) is 14.5. The maximum Gasteiger partial charge on any atom is 0.175 e. The van der Waals surface area contributed by atoms with Gasteiger partial charge in [-0.3, -0.25) is 0 Å². The minimum atomic E-state index is -3.12. The summed E-state index contributed by atoms with van der Waals surface area (Å²) in [4.78, 5) is 0.348. The Kier molecular flexibility index (Phi) is 5.38. The van der Waals surface area contributed by atoms with Crippen LogP contribution in [0.5, 0.6) is 0 Å². The van der Waals surface area contributed by atoms with Crippen molar-refractivity contribution in [3.8, 4) is 0 Å². The molecular weight excluding hydrogens is 260 g/mol. The van der Waals surface area contributed by atoms with Crippen LogP contribution in [0.3, 0.4) is 0 Å². The van der Waals surface area contributed by atoms with E-state index in [0.29, 0.717) is 11.4 Å². The van der Waals surface area contributed by atoms with Crippen molar-refractivity contribution in [3.63, 3.8) is 0 Å². The van der Waals surface area contributed by atoms with Crippen molar-refractivity contribution in [1.29, 1.82) is 0 Å². The molecule has 0 saturated carbocycles. The molecule has 0 fully saturated rings. The van der Waals surface area contributed by atoms with Gasteiger partial charge in [-0.2, -0.15) is 0 Å². The van der Waals surface area contributed by atoms with E-state index in [1.165, 1.54) is 6.26 Å². The van der Waals surface area contributed by atoms with E-state index in [2.05, 4.69) is 19.2 Å². The van der Waals surface area contributed by atoms with Gasteiger partial charge in [0.05, 0.1) is 4.90 Å². The van der Waals surface area contributed by atoms with Crippen LogP contribution in [-0.4, -0.2) is 27.8 Å². The molecular formula is C14H24N2O2S. The van der Waals surface area contributed by atoms with Crippen LogP contribution < -0.4 is 11.1 Å². The first kappa shape index (κ1) is 16.0. The van der Waals surface area contributed by atoms with Gasteiger partial charge in [-0.05, 0) is 49.1 Å². The van der Waals surface area contributed by atoms with Crippen LogP contribution in [0.25, 0.3) is 0 Å². The minimum Gasteiger partial charge on any atom is -0.385 e. The molecule has 1 aromatic rings. The first-order valence-electron chi connectivity index (χ1n) is 6.49. The van der Waals surface area contributed by atoms with Gasteiger partial charge in [-0.25, -0.2) is 8.42 Å². The molecule has 0 aliphatic carbocycles. The maximum atomic E-state index is 11.3. The Balaban J connectivity index is 2.59. The number of hydrogen-bond donors (Lipinski definition) is 2. The number of nitrogens with one attached hydrogen (secondary N) is 1. The molecule has 0 saturated heterocycles. The summed E-state index contributed by atoms with van der Waals surface area (Å²) in [6.07, 6.45) is 3.30. The van der Waals surface area contributed by atoms with Gasteiger partial charge in [-0.15, -0.1) is 0 Å². The molecule has 5 heteroatoms. The Morgan fingerprint density at radius 2 is 1.79 bits per heavy atom. The van der Waals surface area contributed by atoms with Crippen LogP contribution in [0, 0.1) is 5.41 Å². The molecule has 0 amide bonds. The van der Waals surface area contributed by atoms with E-state index in [0.717, 1.165) is 25.1 Å².